The quantitative estimate of drug-likeness (QED) is 0.420. The van der Waals surface area contributed by atoms with Gasteiger partial charge in [-0.1, -0.05) is 6.08 Å². The number of rotatable bonds is 3. The molecule has 0 bridgehead atoms. The Kier molecular flexibility index (Phi) is 2.31. The van der Waals surface area contributed by atoms with Gasteiger partial charge in [0.15, 0.2) is 0 Å². The molecule has 50 valence electrons. The second-order valence-corrected chi connectivity index (χ2v) is 2.16. The monoisotopic (exact) mass is 126 g/mol. The van der Waals surface area contributed by atoms with E-state index in [-0.39, 0.29) is 0 Å². The summed E-state index contributed by atoms with van der Waals surface area (Å²) in [7, 11) is 0. The summed E-state index contributed by atoms with van der Waals surface area (Å²) < 4.78 is 4.57. The van der Waals surface area contributed by atoms with Crippen molar-refractivity contribution >= 4 is 6.47 Å². The van der Waals surface area contributed by atoms with Crippen LogP contribution in [0, 0.1) is 0 Å². The Morgan fingerprint density at radius 1 is 1.78 bits per heavy atom. The fourth-order valence-electron chi connectivity index (χ4n) is 1.01. The van der Waals surface area contributed by atoms with Crippen LogP contribution in [0.1, 0.15) is 19.3 Å². The molecule has 0 N–H and O–H groups in total. The number of hydrogen-bond acceptors (Lipinski definition) is 2. The van der Waals surface area contributed by atoms with Gasteiger partial charge in [0, 0.05) is 0 Å². The van der Waals surface area contributed by atoms with Crippen LogP contribution in [0.15, 0.2) is 11.6 Å². The number of allylic oxidation sites excluding steroid dienone is 1. The van der Waals surface area contributed by atoms with E-state index in [2.05, 4.69) is 10.8 Å². The summed E-state index contributed by atoms with van der Waals surface area (Å²) in [6.45, 7) is 1.00. The Labute approximate surface area is 54.5 Å². The SMILES string of the molecule is O=COCC1=CCCC1. The molecule has 1 aliphatic rings. The first-order valence-electron chi connectivity index (χ1n) is 3.16. The molecule has 0 fully saturated rings. The standard InChI is InChI=1S/C7H10O2/c8-6-9-5-7-3-1-2-4-7/h3,6H,1-2,4-5H2. The summed E-state index contributed by atoms with van der Waals surface area (Å²) >= 11 is 0. The number of carbonyl (C=O) groups is 1. The average molecular weight is 126 g/mol. The average Bonchev–Trinajstić information content (AvgIpc) is 2.34. The molecule has 0 saturated heterocycles. The molecule has 0 amide bonds. The van der Waals surface area contributed by atoms with Crippen LogP contribution in [0.25, 0.3) is 0 Å². The lowest BCUT2D eigenvalue weighted by atomic mass is 10.2. The summed E-state index contributed by atoms with van der Waals surface area (Å²) in [6.07, 6.45) is 5.62. The second kappa shape index (κ2) is 3.28. The maximum atomic E-state index is 9.71. The van der Waals surface area contributed by atoms with Crippen LogP contribution in [0.4, 0.5) is 0 Å². The fraction of sp³-hybridized carbons (Fsp3) is 0.571. The Balaban J connectivity index is 2.18. The molecule has 0 aromatic rings. The molecule has 0 atom stereocenters. The van der Waals surface area contributed by atoms with Crippen LogP contribution in [0.2, 0.25) is 0 Å². The molecular formula is C7H10O2. The lowest BCUT2D eigenvalue weighted by molar-refractivity contribution is -0.127. The Bertz CT molecular complexity index is 127. The first-order valence-corrected chi connectivity index (χ1v) is 3.16. The molecule has 0 unspecified atom stereocenters. The van der Waals surface area contributed by atoms with Crippen molar-refractivity contribution in [2.75, 3.05) is 6.61 Å². The molecule has 2 nitrogen and oxygen atoms in total. The molecule has 0 spiro atoms. The molecule has 0 heterocycles. The van der Waals surface area contributed by atoms with Crippen molar-refractivity contribution in [3.05, 3.63) is 11.6 Å². The lowest BCUT2D eigenvalue weighted by Crippen LogP contribution is -1.92. The van der Waals surface area contributed by atoms with E-state index in [9.17, 15) is 4.79 Å². The first kappa shape index (κ1) is 6.33. The normalized spacial score (nSPS) is 17.1. The van der Waals surface area contributed by atoms with Crippen molar-refractivity contribution in [2.45, 2.75) is 19.3 Å². The van der Waals surface area contributed by atoms with E-state index in [0.717, 1.165) is 12.8 Å². The van der Waals surface area contributed by atoms with E-state index < -0.39 is 0 Å². The Morgan fingerprint density at radius 3 is 3.22 bits per heavy atom. The summed E-state index contributed by atoms with van der Waals surface area (Å²) in [5.41, 5.74) is 1.27. The van der Waals surface area contributed by atoms with Gasteiger partial charge < -0.3 is 4.74 Å². The predicted molar refractivity (Wildman–Crippen MR) is 33.9 cm³/mol. The Hall–Kier alpha value is -0.790. The third-order valence-electron chi connectivity index (χ3n) is 1.47. The first-order chi connectivity index (χ1) is 4.43. The minimum absolute atomic E-state index is 0.499. The van der Waals surface area contributed by atoms with Gasteiger partial charge in [0.2, 0.25) is 0 Å². The summed E-state index contributed by atoms with van der Waals surface area (Å²) in [5.74, 6) is 0. The van der Waals surface area contributed by atoms with Crippen LogP contribution >= 0.6 is 0 Å². The van der Waals surface area contributed by atoms with E-state index in [0.29, 0.717) is 13.1 Å². The zero-order valence-corrected chi connectivity index (χ0v) is 5.30. The van der Waals surface area contributed by atoms with Gasteiger partial charge in [-0.3, -0.25) is 4.79 Å². The third-order valence-corrected chi connectivity index (χ3v) is 1.47. The molecule has 0 saturated carbocycles. The molecule has 9 heavy (non-hydrogen) atoms. The van der Waals surface area contributed by atoms with Gasteiger partial charge in [-0.05, 0) is 24.8 Å². The van der Waals surface area contributed by atoms with Crippen LogP contribution in [0.5, 0.6) is 0 Å². The van der Waals surface area contributed by atoms with Crippen molar-refractivity contribution in [1.82, 2.24) is 0 Å². The number of carbonyl (C=O) groups excluding carboxylic acids is 1. The van der Waals surface area contributed by atoms with Crippen molar-refractivity contribution in [3.63, 3.8) is 0 Å². The minimum Gasteiger partial charge on any atom is -0.463 e. The molecule has 1 rings (SSSR count). The van der Waals surface area contributed by atoms with Gasteiger partial charge in [0.1, 0.15) is 6.61 Å². The highest BCUT2D eigenvalue weighted by atomic mass is 16.5. The van der Waals surface area contributed by atoms with Gasteiger partial charge in [-0.2, -0.15) is 0 Å². The minimum atomic E-state index is 0.499. The van der Waals surface area contributed by atoms with Crippen LogP contribution < -0.4 is 0 Å². The van der Waals surface area contributed by atoms with Gasteiger partial charge in [0.05, 0.1) is 0 Å². The molecule has 0 aromatic carbocycles. The zero-order chi connectivity index (χ0) is 6.53. The third kappa shape index (κ3) is 1.88. The van der Waals surface area contributed by atoms with Crippen molar-refractivity contribution in [2.24, 2.45) is 0 Å². The summed E-state index contributed by atoms with van der Waals surface area (Å²) in [5, 5.41) is 0. The van der Waals surface area contributed by atoms with Crippen molar-refractivity contribution in [3.8, 4) is 0 Å². The highest BCUT2D eigenvalue weighted by molar-refractivity contribution is 5.37. The largest absolute Gasteiger partial charge is 0.463 e. The van der Waals surface area contributed by atoms with Crippen molar-refractivity contribution in [1.29, 1.82) is 0 Å². The zero-order valence-electron chi connectivity index (χ0n) is 5.30. The van der Waals surface area contributed by atoms with E-state index >= 15 is 0 Å². The summed E-state index contributed by atoms with van der Waals surface area (Å²) in [4.78, 5) is 9.71. The van der Waals surface area contributed by atoms with Gasteiger partial charge in [-0.25, -0.2) is 0 Å². The van der Waals surface area contributed by atoms with Crippen LogP contribution in [0.3, 0.4) is 0 Å². The van der Waals surface area contributed by atoms with Gasteiger partial charge in [0.25, 0.3) is 6.47 Å². The topological polar surface area (TPSA) is 26.3 Å². The molecular weight excluding hydrogens is 116 g/mol. The number of hydrogen-bond donors (Lipinski definition) is 0. The number of ether oxygens (including phenoxy) is 1. The van der Waals surface area contributed by atoms with E-state index in [1.165, 1.54) is 12.0 Å². The maximum absolute atomic E-state index is 9.71. The van der Waals surface area contributed by atoms with Crippen LogP contribution in [-0.2, 0) is 9.53 Å². The molecule has 2 heteroatoms. The van der Waals surface area contributed by atoms with Crippen LogP contribution in [-0.4, -0.2) is 13.1 Å². The lowest BCUT2D eigenvalue weighted by Gasteiger charge is -1.96. The summed E-state index contributed by atoms with van der Waals surface area (Å²) in [6, 6.07) is 0. The molecule has 0 aliphatic heterocycles. The van der Waals surface area contributed by atoms with E-state index in [4.69, 9.17) is 0 Å². The van der Waals surface area contributed by atoms with E-state index in [1.807, 2.05) is 0 Å². The smallest absolute Gasteiger partial charge is 0.293 e. The Morgan fingerprint density at radius 2 is 2.67 bits per heavy atom. The molecule has 0 aromatic heterocycles. The predicted octanol–water partition coefficient (Wildman–Crippen LogP) is 1.27. The maximum Gasteiger partial charge on any atom is 0.293 e. The molecule has 1 aliphatic carbocycles. The highest BCUT2D eigenvalue weighted by Gasteiger charge is 2.02. The van der Waals surface area contributed by atoms with E-state index in [1.54, 1.807) is 0 Å². The second-order valence-electron chi connectivity index (χ2n) is 2.16. The van der Waals surface area contributed by atoms with Gasteiger partial charge in [-0.15, -0.1) is 0 Å². The van der Waals surface area contributed by atoms with Gasteiger partial charge >= 0.3 is 0 Å². The van der Waals surface area contributed by atoms with Crippen molar-refractivity contribution < 1.29 is 9.53 Å². The highest BCUT2D eigenvalue weighted by Crippen LogP contribution is 2.16. The molecule has 0 radical (unpaired) electrons. The fourth-order valence-corrected chi connectivity index (χ4v) is 1.01.